The van der Waals surface area contributed by atoms with Crippen molar-refractivity contribution < 1.29 is 4.42 Å². The van der Waals surface area contributed by atoms with Gasteiger partial charge in [-0.25, -0.2) is 4.52 Å². The molecule has 0 unspecified atom stereocenters. The molecule has 17 heavy (non-hydrogen) atoms. The third kappa shape index (κ3) is 2.07. The Labute approximate surface area is 98.9 Å². The molecule has 0 aromatic carbocycles. The number of hydrogen-bond acceptors (Lipinski definition) is 3. The highest BCUT2D eigenvalue weighted by Crippen LogP contribution is 2.09. The maximum atomic E-state index is 5.26. The minimum atomic E-state index is 0.733. The first-order valence-electron chi connectivity index (χ1n) is 5.58. The molecule has 86 valence electrons. The highest BCUT2D eigenvalue weighted by atomic mass is 16.3. The molecule has 1 N–H and O–H groups in total. The van der Waals surface area contributed by atoms with Gasteiger partial charge in [0, 0.05) is 18.3 Å². The molecule has 0 spiro atoms. The molecular formula is C13H13N3O. The van der Waals surface area contributed by atoms with Crippen molar-refractivity contribution in [3.63, 3.8) is 0 Å². The van der Waals surface area contributed by atoms with Crippen LogP contribution >= 0.6 is 0 Å². The molecule has 0 saturated carbocycles. The molecular weight excluding hydrogens is 214 g/mol. The van der Waals surface area contributed by atoms with E-state index in [2.05, 4.69) is 16.5 Å². The lowest BCUT2D eigenvalue weighted by molar-refractivity contribution is 0.483. The first-order chi connectivity index (χ1) is 8.43. The Hall–Kier alpha value is -2.07. The molecule has 0 bridgehead atoms. The van der Waals surface area contributed by atoms with Crippen LogP contribution in [0.2, 0.25) is 0 Å². The zero-order valence-corrected chi connectivity index (χ0v) is 9.34. The average Bonchev–Trinajstić information content (AvgIpc) is 2.99. The molecule has 3 aromatic rings. The summed E-state index contributed by atoms with van der Waals surface area (Å²) < 4.78 is 7.14. The Morgan fingerprint density at radius 1 is 1.18 bits per heavy atom. The molecule has 0 amide bonds. The lowest BCUT2D eigenvalue weighted by Gasteiger charge is -2.01. The van der Waals surface area contributed by atoms with E-state index in [0.29, 0.717) is 0 Å². The van der Waals surface area contributed by atoms with Crippen molar-refractivity contribution in [3.05, 3.63) is 60.3 Å². The van der Waals surface area contributed by atoms with Crippen LogP contribution in [0.3, 0.4) is 0 Å². The number of fused-ring (bicyclic) bond motifs is 1. The summed E-state index contributed by atoms with van der Waals surface area (Å²) in [4.78, 5) is 0. The summed E-state index contributed by atoms with van der Waals surface area (Å²) >= 11 is 0. The fraction of sp³-hybridized carbons (Fsp3) is 0.154. The SMILES string of the molecule is c1coc(CNCc2cnn3ccccc23)c1. The van der Waals surface area contributed by atoms with Crippen LogP contribution in [0, 0.1) is 0 Å². The third-order valence-corrected chi connectivity index (χ3v) is 2.70. The summed E-state index contributed by atoms with van der Waals surface area (Å²) in [6.45, 7) is 1.52. The van der Waals surface area contributed by atoms with Crippen LogP contribution in [-0.4, -0.2) is 9.61 Å². The lowest BCUT2D eigenvalue weighted by atomic mass is 10.2. The maximum Gasteiger partial charge on any atom is 0.117 e. The van der Waals surface area contributed by atoms with Crippen molar-refractivity contribution >= 4 is 5.52 Å². The molecule has 3 rings (SSSR count). The van der Waals surface area contributed by atoms with E-state index in [-0.39, 0.29) is 0 Å². The van der Waals surface area contributed by atoms with Gasteiger partial charge in [-0.3, -0.25) is 0 Å². The predicted molar refractivity (Wildman–Crippen MR) is 64.4 cm³/mol. The van der Waals surface area contributed by atoms with Crippen LogP contribution in [0.4, 0.5) is 0 Å². The minimum absolute atomic E-state index is 0.733. The van der Waals surface area contributed by atoms with Gasteiger partial charge in [-0.2, -0.15) is 5.10 Å². The summed E-state index contributed by atoms with van der Waals surface area (Å²) in [5.74, 6) is 0.946. The molecule has 0 saturated heterocycles. The molecule has 0 atom stereocenters. The number of rotatable bonds is 4. The fourth-order valence-electron chi connectivity index (χ4n) is 1.86. The summed E-state index contributed by atoms with van der Waals surface area (Å²) in [6, 6.07) is 9.92. The highest BCUT2D eigenvalue weighted by Gasteiger charge is 2.02. The summed E-state index contributed by atoms with van der Waals surface area (Å²) in [7, 11) is 0. The Morgan fingerprint density at radius 2 is 2.18 bits per heavy atom. The largest absolute Gasteiger partial charge is 0.468 e. The zero-order chi connectivity index (χ0) is 11.5. The van der Waals surface area contributed by atoms with Crippen LogP contribution < -0.4 is 5.32 Å². The van der Waals surface area contributed by atoms with Gasteiger partial charge in [0.25, 0.3) is 0 Å². The first kappa shape index (κ1) is 10.1. The van der Waals surface area contributed by atoms with E-state index in [1.807, 2.05) is 41.2 Å². The molecule has 0 aliphatic rings. The van der Waals surface area contributed by atoms with Gasteiger partial charge in [-0.1, -0.05) is 6.07 Å². The van der Waals surface area contributed by atoms with Gasteiger partial charge in [0.05, 0.1) is 24.5 Å². The molecule has 0 fully saturated rings. The predicted octanol–water partition coefficient (Wildman–Crippen LogP) is 2.22. The van der Waals surface area contributed by atoms with Crippen LogP contribution in [0.5, 0.6) is 0 Å². The first-order valence-corrected chi connectivity index (χ1v) is 5.58. The van der Waals surface area contributed by atoms with E-state index in [4.69, 9.17) is 4.42 Å². The molecule has 4 nitrogen and oxygen atoms in total. The van der Waals surface area contributed by atoms with Crippen molar-refractivity contribution in [2.75, 3.05) is 0 Å². The van der Waals surface area contributed by atoms with Crippen molar-refractivity contribution in [3.8, 4) is 0 Å². The van der Waals surface area contributed by atoms with E-state index < -0.39 is 0 Å². The number of pyridine rings is 1. The number of nitrogens with one attached hydrogen (secondary N) is 1. The minimum Gasteiger partial charge on any atom is -0.468 e. The van der Waals surface area contributed by atoms with E-state index in [1.165, 1.54) is 5.56 Å². The lowest BCUT2D eigenvalue weighted by Crippen LogP contribution is -2.11. The Balaban J connectivity index is 1.69. The van der Waals surface area contributed by atoms with Gasteiger partial charge in [-0.15, -0.1) is 0 Å². The number of furan rings is 1. The molecule has 3 aromatic heterocycles. The van der Waals surface area contributed by atoms with Gasteiger partial charge in [-0.05, 0) is 24.3 Å². The average molecular weight is 227 g/mol. The second-order valence-corrected chi connectivity index (χ2v) is 3.88. The number of hydrogen-bond donors (Lipinski definition) is 1. The standard InChI is InChI=1S/C13H13N3O/c1-2-6-16-13(5-1)11(9-15-16)8-14-10-12-4-3-7-17-12/h1-7,9,14H,8,10H2. The van der Waals surface area contributed by atoms with Crippen molar-refractivity contribution in [2.45, 2.75) is 13.1 Å². The zero-order valence-electron chi connectivity index (χ0n) is 9.34. The number of nitrogens with zero attached hydrogens (tertiary/aromatic N) is 2. The van der Waals surface area contributed by atoms with Crippen LogP contribution in [-0.2, 0) is 13.1 Å². The topological polar surface area (TPSA) is 42.5 Å². The highest BCUT2D eigenvalue weighted by molar-refractivity contribution is 5.53. The Kier molecular flexibility index (Phi) is 2.63. The normalized spacial score (nSPS) is 11.1. The van der Waals surface area contributed by atoms with E-state index in [9.17, 15) is 0 Å². The third-order valence-electron chi connectivity index (χ3n) is 2.70. The van der Waals surface area contributed by atoms with Crippen molar-refractivity contribution in [2.24, 2.45) is 0 Å². The Bertz CT molecular complexity index is 598. The van der Waals surface area contributed by atoms with Gasteiger partial charge in [0.2, 0.25) is 0 Å². The summed E-state index contributed by atoms with van der Waals surface area (Å²) in [6.07, 6.45) is 5.53. The van der Waals surface area contributed by atoms with Gasteiger partial charge < -0.3 is 9.73 Å². The summed E-state index contributed by atoms with van der Waals surface area (Å²) in [5.41, 5.74) is 2.33. The quantitative estimate of drug-likeness (QED) is 0.743. The van der Waals surface area contributed by atoms with E-state index in [1.54, 1.807) is 6.26 Å². The fourth-order valence-corrected chi connectivity index (χ4v) is 1.86. The second-order valence-electron chi connectivity index (χ2n) is 3.88. The molecule has 3 heterocycles. The van der Waals surface area contributed by atoms with E-state index >= 15 is 0 Å². The van der Waals surface area contributed by atoms with Crippen molar-refractivity contribution in [1.82, 2.24) is 14.9 Å². The maximum absolute atomic E-state index is 5.26. The summed E-state index contributed by atoms with van der Waals surface area (Å²) in [5, 5.41) is 7.62. The molecule has 0 aliphatic heterocycles. The van der Waals surface area contributed by atoms with Crippen LogP contribution in [0.15, 0.2) is 53.4 Å². The molecule has 0 radical (unpaired) electrons. The van der Waals surface area contributed by atoms with Crippen LogP contribution in [0.1, 0.15) is 11.3 Å². The van der Waals surface area contributed by atoms with Gasteiger partial charge >= 0.3 is 0 Å². The van der Waals surface area contributed by atoms with Crippen LogP contribution in [0.25, 0.3) is 5.52 Å². The monoisotopic (exact) mass is 227 g/mol. The number of aromatic nitrogens is 2. The smallest absolute Gasteiger partial charge is 0.117 e. The van der Waals surface area contributed by atoms with Gasteiger partial charge in [0.1, 0.15) is 5.76 Å². The van der Waals surface area contributed by atoms with Crippen molar-refractivity contribution in [1.29, 1.82) is 0 Å². The van der Waals surface area contributed by atoms with E-state index in [0.717, 1.165) is 24.4 Å². The van der Waals surface area contributed by atoms with Gasteiger partial charge in [0.15, 0.2) is 0 Å². The second kappa shape index (κ2) is 4.43. The molecule has 0 aliphatic carbocycles. The Morgan fingerprint density at radius 3 is 3.06 bits per heavy atom. The molecule has 4 heteroatoms.